The predicted molar refractivity (Wildman–Crippen MR) is 171 cm³/mol. The fourth-order valence-corrected chi connectivity index (χ4v) is 5.57. The van der Waals surface area contributed by atoms with Gasteiger partial charge in [-0.3, -0.25) is 34.8 Å². The Bertz CT molecular complexity index is 1520. The van der Waals surface area contributed by atoms with Gasteiger partial charge in [-0.1, -0.05) is 73.6 Å². The van der Waals surface area contributed by atoms with Crippen molar-refractivity contribution in [2.75, 3.05) is 5.32 Å². The second-order valence-corrected chi connectivity index (χ2v) is 11.0. The number of nitrogens with zero attached hydrogens (tertiary/aromatic N) is 2. The second kappa shape index (κ2) is 16.4. The Balaban J connectivity index is 1.66. The molecule has 2 aromatic carbocycles. The molecule has 0 atom stereocenters. The predicted octanol–water partition coefficient (Wildman–Crippen LogP) is 4.18. The Morgan fingerprint density at radius 1 is 0.667 bits per heavy atom. The summed E-state index contributed by atoms with van der Waals surface area (Å²) in [6.07, 6.45) is 6.95. The zero-order valence-electron chi connectivity index (χ0n) is 25.0. The maximum Gasteiger partial charge on any atom is 0.245 e. The first-order valence-corrected chi connectivity index (χ1v) is 15.1. The van der Waals surface area contributed by atoms with Gasteiger partial charge >= 0.3 is 0 Å². The molecule has 0 aliphatic carbocycles. The van der Waals surface area contributed by atoms with E-state index in [1.165, 1.54) is 7.28 Å². The molecule has 0 unspecified atom stereocenters. The van der Waals surface area contributed by atoms with Gasteiger partial charge in [0.15, 0.2) is 0 Å². The lowest BCUT2D eigenvalue weighted by Gasteiger charge is -2.32. The molecule has 12 heteroatoms. The third kappa shape index (κ3) is 8.71. The smallest absolute Gasteiger partial charge is 0.245 e. The summed E-state index contributed by atoms with van der Waals surface area (Å²) in [6.45, 7) is 0. The SMILES string of the molecule is O=C(CCCCCC(CCCCCC(=O)NO)(C(=O)[B]c1cccc2cccnc12)C(=O)Nc1cccc2cccnc12)NO. The Morgan fingerprint density at radius 2 is 1.20 bits per heavy atom. The zero-order chi connectivity index (χ0) is 32.1. The van der Waals surface area contributed by atoms with Crippen molar-refractivity contribution in [3.63, 3.8) is 0 Å². The molecule has 0 saturated heterocycles. The molecule has 0 bridgehead atoms. The molecule has 0 aliphatic heterocycles. The van der Waals surface area contributed by atoms with E-state index in [-0.39, 0.29) is 31.4 Å². The van der Waals surface area contributed by atoms with Gasteiger partial charge in [-0.15, -0.1) is 0 Å². The second-order valence-electron chi connectivity index (χ2n) is 11.0. The number of nitrogens with one attached hydrogen (secondary N) is 3. The highest BCUT2D eigenvalue weighted by Gasteiger charge is 2.44. The highest BCUT2D eigenvalue weighted by molar-refractivity contribution is 6.87. The summed E-state index contributed by atoms with van der Waals surface area (Å²) in [6, 6.07) is 18.4. The van der Waals surface area contributed by atoms with Crippen LogP contribution in [0.3, 0.4) is 0 Å². The molecular formula is C33H37BN5O6. The number of unbranched alkanes of at least 4 members (excludes halogenated alkanes) is 4. The standard InChI is InChI=1S/C33H37BN5O6/c40-27(38-44)17-3-1-5-19-33(20-6-2-4-18-28(41)39-45,31(42)34-25-15-7-11-23-13-9-21-35-29(23)25)32(43)37-26-16-8-12-24-14-10-22-36-30(24)26/h7-16,21-22,44-45H,1-6,17-20H2,(H,37,43)(H,38,40)(H,39,41). The maximum absolute atomic E-state index is 14.5. The van der Waals surface area contributed by atoms with E-state index >= 15 is 0 Å². The van der Waals surface area contributed by atoms with Gasteiger partial charge in [0.2, 0.25) is 25.0 Å². The normalized spacial score (nSPS) is 11.2. The average molecular weight is 611 g/mol. The Kier molecular flexibility index (Phi) is 12.1. The topological polar surface area (TPSA) is 171 Å². The van der Waals surface area contributed by atoms with Gasteiger partial charge < -0.3 is 10.1 Å². The summed E-state index contributed by atoms with van der Waals surface area (Å²) < 4.78 is 0. The van der Waals surface area contributed by atoms with E-state index in [0.29, 0.717) is 60.7 Å². The van der Waals surface area contributed by atoms with E-state index in [1.807, 2.05) is 48.5 Å². The van der Waals surface area contributed by atoms with Gasteiger partial charge in [-0.05, 0) is 49.3 Å². The van der Waals surface area contributed by atoms with E-state index in [9.17, 15) is 19.2 Å². The van der Waals surface area contributed by atoms with Crippen molar-refractivity contribution in [1.29, 1.82) is 0 Å². The number of aromatic nitrogens is 2. The number of hydrogen-bond donors (Lipinski definition) is 5. The van der Waals surface area contributed by atoms with E-state index in [2.05, 4.69) is 15.3 Å². The Hall–Kier alpha value is -4.68. The van der Waals surface area contributed by atoms with Crippen LogP contribution in [0.4, 0.5) is 5.69 Å². The molecule has 1 radical (unpaired) electrons. The van der Waals surface area contributed by atoms with Crippen LogP contribution in [-0.4, -0.2) is 51.1 Å². The average Bonchev–Trinajstić information content (AvgIpc) is 3.07. The van der Waals surface area contributed by atoms with Crippen molar-refractivity contribution in [1.82, 2.24) is 20.9 Å². The third-order valence-corrected chi connectivity index (χ3v) is 8.00. The summed E-state index contributed by atoms with van der Waals surface area (Å²) >= 11 is 0. The molecule has 0 spiro atoms. The molecule has 45 heavy (non-hydrogen) atoms. The molecule has 233 valence electrons. The summed E-state index contributed by atoms with van der Waals surface area (Å²) in [7, 11) is 1.49. The lowest BCUT2D eigenvalue weighted by Crippen LogP contribution is -2.48. The van der Waals surface area contributed by atoms with Crippen LogP contribution in [-0.2, 0) is 19.2 Å². The highest BCUT2D eigenvalue weighted by Crippen LogP contribution is 2.36. The van der Waals surface area contributed by atoms with Crippen LogP contribution >= 0.6 is 0 Å². The number of rotatable bonds is 17. The first-order chi connectivity index (χ1) is 21.9. The fourth-order valence-electron chi connectivity index (χ4n) is 5.57. The minimum absolute atomic E-state index is 0.117. The number of amides is 3. The minimum atomic E-state index is -1.48. The molecule has 0 saturated carbocycles. The summed E-state index contributed by atoms with van der Waals surface area (Å²) in [4.78, 5) is 60.9. The lowest BCUT2D eigenvalue weighted by molar-refractivity contribution is -0.136. The molecule has 4 aromatic rings. The van der Waals surface area contributed by atoms with Crippen molar-refractivity contribution in [3.8, 4) is 0 Å². The molecule has 0 fully saturated rings. The largest absolute Gasteiger partial charge is 0.323 e. The van der Waals surface area contributed by atoms with E-state index in [0.717, 1.165) is 10.8 Å². The molecule has 2 aromatic heterocycles. The van der Waals surface area contributed by atoms with Gasteiger partial charge in [0, 0.05) is 30.6 Å². The van der Waals surface area contributed by atoms with Gasteiger partial charge in [-0.25, -0.2) is 11.0 Å². The molecule has 11 nitrogen and oxygen atoms in total. The number of hydroxylamine groups is 2. The van der Waals surface area contributed by atoms with Gasteiger partial charge in [0.1, 0.15) is 5.68 Å². The van der Waals surface area contributed by atoms with Gasteiger partial charge in [0.25, 0.3) is 0 Å². The van der Waals surface area contributed by atoms with Crippen LogP contribution in [0.1, 0.15) is 64.2 Å². The van der Waals surface area contributed by atoms with Crippen molar-refractivity contribution in [3.05, 3.63) is 73.1 Å². The molecule has 0 aliphatic rings. The number of fused-ring (bicyclic) bond motifs is 2. The first-order valence-electron chi connectivity index (χ1n) is 15.1. The Morgan fingerprint density at radius 3 is 1.80 bits per heavy atom. The number of pyridine rings is 2. The number of carbonyl (C=O) groups excluding carboxylic acids is 4. The number of hydrogen-bond acceptors (Lipinski definition) is 8. The molecule has 2 heterocycles. The summed E-state index contributed by atoms with van der Waals surface area (Å²) in [5, 5.41) is 22.4. The van der Waals surface area contributed by atoms with E-state index < -0.39 is 23.1 Å². The summed E-state index contributed by atoms with van der Waals surface area (Å²) in [5.41, 5.74) is 3.73. The number of para-hydroxylation sites is 2. The fraction of sp³-hybridized carbons (Fsp3) is 0.333. The van der Waals surface area contributed by atoms with Crippen LogP contribution < -0.4 is 21.7 Å². The number of benzene rings is 2. The van der Waals surface area contributed by atoms with Crippen LogP contribution in [0.2, 0.25) is 0 Å². The van der Waals surface area contributed by atoms with E-state index in [4.69, 9.17) is 10.4 Å². The highest BCUT2D eigenvalue weighted by atomic mass is 16.5. The van der Waals surface area contributed by atoms with Crippen molar-refractivity contribution in [2.45, 2.75) is 64.2 Å². The molecular weight excluding hydrogens is 573 g/mol. The van der Waals surface area contributed by atoms with Crippen molar-refractivity contribution >= 4 is 63.6 Å². The van der Waals surface area contributed by atoms with Gasteiger partial charge in [0.05, 0.1) is 22.1 Å². The zero-order valence-corrected chi connectivity index (χ0v) is 25.0. The Labute approximate surface area is 262 Å². The molecule has 4 rings (SSSR count). The number of carbonyl (C=O) groups is 4. The lowest BCUT2D eigenvalue weighted by atomic mass is 9.54. The van der Waals surface area contributed by atoms with E-state index in [1.54, 1.807) is 35.5 Å². The van der Waals surface area contributed by atoms with Crippen molar-refractivity contribution in [2.24, 2.45) is 5.41 Å². The van der Waals surface area contributed by atoms with Crippen molar-refractivity contribution < 1.29 is 29.6 Å². The van der Waals surface area contributed by atoms with Gasteiger partial charge in [-0.2, -0.15) is 0 Å². The minimum Gasteiger partial charge on any atom is -0.323 e. The van der Waals surface area contributed by atoms with Crippen LogP contribution in [0, 0.1) is 5.41 Å². The summed E-state index contributed by atoms with van der Waals surface area (Å²) in [5.74, 6) is -1.46. The van der Waals surface area contributed by atoms with Crippen LogP contribution in [0.5, 0.6) is 0 Å². The molecule has 5 N–H and O–H groups in total. The number of anilines is 1. The first kappa shape index (κ1) is 33.2. The monoisotopic (exact) mass is 610 g/mol. The molecule has 3 amide bonds. The van der Waals surface area contributed by atoms with Crippen LogP contribution in [0.15, 0.2) is 73.1 Å². The van der Waals surface area contributed by atoms with Crippen LogP contribution in [0.25, 0.3) is 21.8 Å². The third-order valence-electron chi connectivity index (χ3n) is 8.00. The quantitative estimate of drug-likeness (QED) is 0.0390. The maximum atomic E-state index is 14.5.